The zero-order valence-corrected chi connectivity index (χ0v) is 23.7. The molecule has 1 N–H and O–H groups in total. The van der Waals surface area contributed by atoms with E-state index < -0.39 is 0 Å². The molecule has 40 heavy (non-hydrogen) atoms. The maximum Gasteiger partial charge on any atom is 0.331 e. The molecular formula is C33H40N4O3. The number of aryl methyl sites for hydroxylation is 1. The maximum absolute atomic E-state index is 13.7. The summed E-state index contributed by atoms with van der Waals surface area (Å²) >= 11 is 0. The number of methoxy groups -OCH3 is 1. The molecule has 1 saturated heterocycles. The zero-order valence-electron chi connectivity index (χ0n) is 23.7. The van der Waals surface area contributed by atoms with Crippen LogP contribution in [0.3, 0.4) is 0 Å². The number of aromatic nitrogens is 3. The van der Waals surface area contributed by atoms with E-state index in [4.69, 9.17) is 4.74 Å². The Kier molecular flexibility index (Phi) is 7.65. The lowest BCUT2D eigenvalue weighted by molar-refractivity contribution is 0.208. The molecule has 2 aromatic carbocycles. The standard InChI is InChI=1S/C33H40N4O3/c1-23-9-3-4-10-26(23)31-30-11-5-6-17-36(30)33(39)37(32(31)38)18-8-7-16-35-19-14-24(15-20-35)28-22-34-29-13-12-25(40-2)21-27(28)29/h3-4,9-10,12-13,21-22,24,34H,5-8,11,14-20H2,1-2H3. The molecule has 0 aliphatic carbocycles. The van der Waals surface area contributed by atoms with E-state index in [1.807, 2.05) is 41.8 Å². The van der Waals surface area contributed by atoms with E-state index in [2.05, 4.69) is 28.2 Å². The Morgan fingerprint density at radius 2 is 1.77 bits per heavy atom. The molecule has 0 unspecified atom stereocenters. The summed E-state index contributed by atoms with van der Waals surface area (Å²) in [5, 5.41) is 1.27. The highest BCUT2D eigenvalue weighted by atomic mass is 16.5. The minimum atomic E-state index is -0.131. The van der Waals surface area contributed by atoms with E-state index in [1.165, 1.54) is 15.5 Å². The number of piperidine rings is 1. The van der Waals surface area contributed by atoms with Crippen molar-refractivity contribution in [3.63, 3.8) is 0 Å². The van der Waals surface area contributed by atoms with Crippen LogP contribution in [0.2, 0.25) is 0 Å². The lowest BCUT2D eigenvalue weighted by Gasteiger charge is -2.32. The SMILES string of the molecule is COc1ccc2[nH]cc(C3CCN(CCCCn4c(=O)c(-c5ccccc5C)c5n(c4=O)CCCC5)CC3)c2c1. The number of H-pyrrole nitrogens is 1. The van der Waals surface area contributed by atoms with Crippen molar-refractivity contribution in [3.05, 3.63) is 86.3 Å². The topological polar surface area (TPSA) is 72.3 Å². The van der Waals surface area contributed by atoms with Gasteiger partial charge in [0, 0.05) is 35.9 Å². The molecule has 7 heteroatoms. The third-order valence-electron chi connectivity index (χ3n) is 9.05. The van der Waals surface area contributed by atoms with Crippen LogP contribution >= 0.6 is 0 Å². The second-order valence-corrected chi connectivity index (χ2v) is 11.5. The van der Waals surface area contributed by atoms with Crippen molar-refractivity contribution in [1.82, 2.24) is 19.0 Å². The number of benzene rings is 2. The van der Waals surface area contributed by atoms with Gasteiger partial charge in [-0.15, -0.1) is 0 Å². The third kappa shape index (κ3) is 5.03. The van der Waals surface area contributed by atoms with Gasteiger partial charge in [-0.25, -0.2) is 4.79 Å². The first-order valence-corrected chi connectivity index (χ1v) is 14.8. The summed E-state index contributed by atoms with van der Waals surface area (Å²) < 4.78 is 8.83. The molecule has 4 aromatic rings. The average molecular weight is 541 g/mol. The Morgan fingerprint density at radius 1 is 0.975 bits per heavy atom. The van der Waals surface area contributed by atoms with Crippen molar-refractivity contribution >= 4 is 10.9 Å². The van der Waals surface area contributed by atoms with Gasteiger partial charge in [-0.2, -0.15) is 0 Å². The van der Waals surface area contributed by atoms with Gasteiger partial charge in [0.1, 0.15) is 5.75 Å². The predicted octanol–water partition coefficient (Wildman–Crippen LogP) is 5.47. The second-order valence-electron chi connectivity index (χ2n) is 11.5. The maximum atomic E-state index is 13.7. The van der Waals surface area contributed by atoms with Crippen LogP contribution in [0.4, 0.5) is 0 Å². The molecule has 4 heterocycles. The van der Waals surface area contributed by atoms with Gasteiger partial charge in [-0.05, 0) is 112 Å². The van der Waals surface area contributed by atoms with Gasteiger partial charge in [0.25, 0.3) is 5.56 Å². The number of likely N-dealkylation sites (tertiary alicyclic amines) is 1. The van der Waals surface area contributed by atoms with Crippen LogP contribution in [0.1, 0.15) is 61.3 Å². The molecule has 2 aromatic heterocycles. The molecule has 2 aliphatic heterocycles. The highest BCUT2D eigenvalue weighted by molar-refractivity contribution is 5.85. The lowest BCUT2D eigenvalue weighted by atomic mass is 9.89. The number of unbranched alkanes of at least 4 members (excludes halogenated alkanes) is 1. The van der Waals surface area contributed by atoms with Crippen molar-refractivity contribution in [3.8, 4) is 16.9 Å². The summed E-state index contributed by atoms with van der Waals surface area (Å²) in [6.45, 7) is 6.36. The number of nitrogens with one attached hydrogen (secondary N) is 1. The first kappa shape index (κ1) is 26.6. The summed E-state index contributed by atoms with van der Waals surface area (Å²) in [6, 6.07) is 14.3. The van der Waals surface area contributed by atoms with Gasteiger partial charge >= 0.3 is 5.69 Å². The lowest BCUT2D eigenvalue weighted by Crippen LogP contribution is -2.44. The van der Waals surface area contributed by atoms with Gasteiger partial charge in [0.15, 0.2) is 0 Å². The zero-order chi connectivity index (χ0) is 27.6. The fourth-order valence-electron chi connectivity index (χ4n) is 6.77. The van der Waals surface area contributed by atoms with Gasteiger partial charge in [0.05, 0.1) is 12.7 Å². The van der Waals surface area contributed by atoms with Crippen LogP contribution in [0.25, 0.3) is 22.0 Å². The minimum Gasteiger partial charge on any atom is -0.497 e. The van der Waals surface area contributed by atoms with E-state index in [0.29, 0.717) is 19.0 Å². The molecule has 6 rings (SSSR count). The van der Waals surface area contributed by atoms with E-state index >= 15 is 0 Å². The smallest absolute Gasteiger partial charge is 0.331 e. The quantitative estimate of drug-likeness (QED) is 0.301. The molecule has 0 bridgehead atoms. The van der Waals surface area contributed by atoms with E-state index in [-0.39, 0.29) is 11.2 Å². The molecule has 0 radical (unpaired) electrons. The fraction of sp³-hybridized carbons (Fsp3) is 0.455. The van der Waals surface area contributed by atoms with E-state index in [1.54, 1.807) is 7.11 Å². The highest BCUT2D eigenvalue weighted by Gasteiger charge is 2.24. The monoisotopic (exact) mass is 540 g/mol. The molecule has 0 atom stereocenters. The van der Waals surface area contributed by atoms with Crippen LogP contribution in [0.15, 0.2) is 58.3 Å². The van der Waals surface area contributed by atoms with Crippen LogP contribution in [0.5, 0.6) is 5.75 Å². The van der Waals surface area contributed by atoms with Crippen LogP contribution in [-0.4, -0.2) is 45.8 Å². The van der Waals surface area contributed by atoms with E-state index in [9.17, 15) is 9.59 Å². The van der Waals surface area contributed by atoms with E-state index in [0.717, 1.165) is 98.2 Å². The molecular weight excluding hydrogens is 500 g/mol. The summed E-state index contributed by atoms with van der Waals surface area (Å²) in [5.74, 6) is 1.44. The van der Waals surface area contributed by atoms with Crippen molar-refractivity contribution < 1.29 is 4.74 Å². The largest absolute Gasteiger partial charge is 0.497 e. The molecule has 0 spiro atoms. The van der Waals surface area contributed by atoms with Crippen LogP contribution < -0.4 is 16.0 Å². The highest BCUT2D eigenvalue weighted by Crippen LogP contribution is 2.35. The number of aromatic amines is 1. The number of hydrogen-bond donors (Lipinski definition) is 1. The summed E-state index contributed by atoms with van der Waals surface area (Å²) in [4.78, 5) is 33.1. The number of fused-ring (bicyclic) bond motifs is 2. The second kappa shape index (κ2) is 11.5. The number of ether oxygens (including phenoxy) is 1. The Balaban J connectivity index is 1.10. The summed E-state index contributed by atoms with van der Waals surface area (Å²) in [6.07, 6.45) is 9.03. The van der Waals surface area contributed by atoms with Crippen molar-refractivity contribution in [2.75, 3.05) is 26.7 Å². The molecule has 1 fully saturated rings. The summed E-state index contributed by atoms with van der Waals surface area (Å²) in [5.41, 5.74) is 5.99. The van der Waals surface area contributed by atoms with Crippen molar-refractivity contribution in [2.45, 2.75) is 70.9 Å². The van der Waals surface area contributed by atoms with Gasteiger partial charge < -0.3 is 14.6 Å². The molecule has 210 valence electrons. The Bertz CT molecular complexity index is 1620. The molecule has 0 amide bonds. The Labute approximate surface area is 235 Å². The molecule has 2 aliphatic rings. The van der Waals surface area contributed by atoms with Crippen LogP contribution in [-0.2, 0) is 19.5 Å². The number of nitrogens with zero attached hydrogens (tertiary/aromatic N) is 3. The molecule has 0 saturated carbocycles. The van der Waals surface area contributed by atoms with Crippen molar-refractivity contribution in [2.24, 2.45) is 0 Å². The normalized spacial score (nSPS) is 16.4. The number of rotatable bonds is 8. The third-order valence-corrected chi connectivity index (χ3v) is 9.05. The Morgan fingerprint density at radius 3 is 2.58 bits per heavy atom. The first-order valence-electron chi connectivity index (χ1n) is 14.8. The van der Waals surface area contributed by atoms with Gasteiger partial charge in [-0.1, -0.05) is 24.3 Å². The first-order chi connectivity index (χ1) is 19.5. The van der Waals surface area contributed by atoms with Crippen LogP contribution in [0, 0.1) is 6.92 Å². The van der Waals surface area contributed by atoms with Crippen molar-refractivity contribution in [1.29, 1.82) is 0 Å². The minimum absolute atomic E-state index is 0.122. The molecule has 7 nitrogen and oxygen atoms in total. The van der Waals surface area contributed by atoms with Gasteiger partial charge in [0.2, 0.25) is 0 Å². The van der Waals surface area contributed by atoms with Gasteiger partial charge in [-0.3, -0.25) is 13.9 Å². The number of hydrogen-bond acceptors (Lipinski definition) is 4. The average Bonchev–Trinajstić information content (AvgIpc) is 3.41. The Hall–Kier alpha value is -3.58. The fourth-order valence-corrected chi connectivity index (χ4v) is 6.77. The summed E-state index contributed by atoms with van der Waals surface area (Å²) in [7, 11) is 1.72. The predicted molar refractivity (Wildman–Crippen MR) is 161 cm³/mol.